The van der Waals surface area contributed by atoms with Crippen molar-refractivity contribution in [1.29, 1.82) is 0 Å². The van der Waals surface area contributed by atoms with Crippen molar-refractivity contribution in [3.05, 3.63) is 50.8 Å². The predicted molar refractivity (Wildman–Crippen MR) is 93.4 cm³/mol. The summed E-state index contributed by atoms with van der Waals surface area (Å²) in [6.07, 6.45) is 2.50. The lowest BCUT2D eigenvalue weighted by atomic mass is 10.2. The lowest BCUT2D eigenvalue weighted by Gasteiger charge is -2.10. The smallest absolute Gasteiger partial charge is 0.164 e. The fraction of sp³-hybridized carbons (Fsp3) is 0.200. The van der Waals surface area contributed by atoms with Crippen molar-refractivity contribution in [3.8, 4) is 5.69 Å². The minimum absolute atomic E-state index is 0.522. The minimum atomic E-state index is 0.522. The molecule has 108 valence electrons. The van der Waals surface area contributed by atoms with Crippen LogP contribution in [0.3, 0.4) is 0 Å². The van der Waals surface area contributed by atoms with Crippen molar-refractivity contribution < 1.29 is 0 Å². The van der Waals surface area contributed by atoms with Gasteiger partial charge in [-0.25, -0.2) is 9.97 Å². The summed E-state index contributed by atoms with van der Waals surface area (Å²) in [5, 5.41) is 0. The molecule has 21 heavy (non-hydrogen) atoms. The molecule has 3 aromatic rings. The Hall–Kier alpha value is -0.910. The highest BCUT2D eigenvalue weighted by atomic mass is 79.9. The molecule has 6 heteroatoms. The average Bonchev–Trinajstić information content (AvgIpc) is 2.82. The highest BCUT2D eigenvalue weighted by molar-refractivity contribution is 9.11. The Bertz CT molecular complexity index is 814. The number of fused-ring (bicyclic) bond motifs is 1. The quantitative estimate of drug-likeness (QED) is 0.547. The molecular weight excluding hydrogens is 417 g/mol. The van der Waals surface area contributed by atoms with Gasteiger partial charge in [-0.15, -0.1) is 11.6 Å². The van der Waals surface area contributed by atoms with Crippen LogP contribution in [0.2, 0.25) is 0 Å². The molecule has 3 rings (SSSR count). The first kappa shape index (κ1) is 15.0. The largest absolute Gasteiger partial charge is 0.279 e. The van der Waals surface area contributed by atoms with Gasteiger partial charge in [-0.3, -0.25) is 4.57 Å². The molecule has 0 aliphatic carbocycles. The number of halogens is 3. The van der Waals surface area contributed by atoms with Crippen LogP contribution in [0, 0.1) is 6.92 Å². The second-order valence-corrected chi connectivity index (χ2v) is 6.85. The summed E-state index contributed by atoms with van der Waals surface area (Å²) in [6, 6.07) is 8.02. The number of imidazole rings is 1. The van der Waals surface area contributed by atoms with Crippen LogP contribution in [0.4, 0.5) is 0 Å². The van der Waals surface area contributed by atoms with Gasteiger partial charge in [0.1, 0.15) is 11.3 Å². The van der Waals surface area contributed by atoms with E-state index in [9.17, 15) is 0 Å². The van der Waals surface area contributed by atoms with Crippen LogP contribution in [0.5, 0.6) is 0 Å². The van der Waals surface area contributed by atoms with Crippen molar-refractivity contribution >= 4 is 54.6 Å². The Morgan fingerprint density at radius 2 is 2.05 bits per heavy atom. The Kier molecular flexibility index (Phi) is 4.33. The van der Waals surface area contributed by atoms with Gasteiger partial charge in [0.2, 0.25) is 0 Å². The fourth-order valence-electron chi connectivity index (χ4n) is 2.30. The van der Waals surface area contributed by atoms with E-state index < -0.39 is 0 Å². The maximum atomic E-state index is 5.94. The molecule has 0 spiro atoms. The maximum Gasteiger partial charge on any atom is 0.164 e. The SMILES string of the molecule is Cc1ccnc2c1nc(CCCl)n2-c1cc(Br)ccc1Br. The van der Waals surface area contributed by atoms with Gasteiger partial charge in [-0.2, -0.15) is 0 Å². The van der Waals surface area contributed by atoms with Crippen LogP contribution in [-0.4, -0.2) is 20.4 Å². The van der Waals surface area contributed by atoms with E-state index in [0.29, 0.717) is 12.3 Å². The van der Waals surface area contributed by atoms with Gasteiger partial charge in [0.25, 0.3) is 0 Å². The number of aryl methyl sites for hydroxylation is 2. The van der Waals surface area contributed by atoms with E-state index in [1.54, 1.807) is 0 Å². The third-order valence-electron chi connectivity index (χ3n) is 3.28. The highest BCUT2D eigenvalue weighted by Gasteiger charge is 2.16. The van der Waals surface area contributed by atoms with Crippen molar-refractivity contribution in [2.75, 3.05) is 5.88 Å². The molecule has 0 bridgehead atoms. The molecule has 0 amide bonds. The Morgan fingerprint density at radius 1 is 1.24 bits per heavy atom. The van der Waals surface area contributed by atoms with Gasteiger partial charge in [0.15, 0.2) is 5.65 Å². The van der Waals surface area contributed by atoms with Crippen molar-refractivity contribution in [2.24, 2.45) is 0 Å². The van der Waals surface area contributed by atoms with Gasteiger partial charge >= 0.3 is 0 Å². The molecule has 0 saturated carbocycles. The number of alkyl halides is 1. The lowest BCUT2D eigenvalue weighted by Crippen LogP contribution is -2.04. The van der Waals surface area contributed by atoms with Crippen molar-refractivity contribution in [2.45, 2.75) is 13.3 Å². The normalized spacial score (nSPS) is 11.2. The maximum absolute atomic E-state index is 5.94. The van der Waals surface area contributed by atoms with Crippen LogP contribution < -0.4 is 0 Å². The number of hydrogen-bond acceptors (Lipinski definition) is 2. The Balaban J connectivity index is 2.36. The molecule has 0 aliphatic heterocycles. The Morgan fingerprint density at radius 3 is 2.81 bits per heavy atom. The van der Waals surface area contributed by atoms with E-state index in [0.717, 1.165) is 37.2 Å². The molecule has 0 unspecified atom stereocenters. The first-order valence-corrected chi connectivity index (χ1v) is 8.58. The molecule has 0 saturated heterocycles. The number of benzene rings is 1. The van der Waals surface area contributed by atoms with Crippen molar-refractivity contribution in [3.63, 3.8) is 0 Å². The minimum Gasteiger partial charge on any atom is -0.279 e. The average molecular weight is 430 g/mol. The second-order valence-electron chi connectivity index (χ2n) is 4.70. The third kappa shape index (κ3) is 2.74. The monoisotopic (exact) mass is 427 g/mol. The van der Waals surface area contributed by atoms with E-state index in [1.807, 2.05) is 37.4 Å². The van der Waals surface area contributed by atoms with E-state index in [-0.39, 0.29) is 0 Å². The van der Waals surface area contributed by atoms with E-state index in [1.165, 1.54) is 0 Å². The van der Waals surface area contributed by atoms with Gasteiger partial charge < -0.3 is 0 Å². The fourth-order valence-corrected chi connectivity index (χ4v) is 3.24. The van der Waals surface area contributed by atoms with E-state index >= 15 is 0 Å². The summed E-state index contributed by atoms with van der Waals surface area (Å²) in [4.78, 5) is 9.24. The summed E-state index contributed by atoms with van der Waals surface area (Å²) in [5.41, 5.74) is 3.89. The zero-order valence-electron chi connectivity index (χ0n) is 11.3. The predicted octanol–water partition coefficient (Wildman–Crippen LogP) is 5.04. The number of pyridine rings is 1. The summed E-state index contributed by atoms with van der Waals surface area (Å²) >= 11 is 13.1. The first-order valence-electron chi connectivity index (χ1n) is 6.46. The zero-order valence-corrected chi connectivity index (χ0v) is 15.2. The van der Waals surface area contributed by atoms with Gasteiger partial charge in [0, 0.05) is 27.4 Å². The topological polar surface area (TPSA) is 30.7 Å². The van der Waals surface area contributed by atoms with Gasteiger partial charge in [0.05, 0.1) is 5.69 Å². The van der Waals surface area contributed by atoms with Crippen LogP contribution in [0.15, 0.2) is 39.4 Å². The number of hydrogen-bond donors (Lipinski definition) is 0. The highest BCUT2D eigenvalue weighted by Crippen LogP contribution is 2.30. The zero-order chi connectivity index (χ0) is 15.0. The molecule has 0 radical (unpaired) electrons. The Labute approximate surface area is 144 Å². The van der Waals surface area contributed by atoms with Crippen molar-refractivity contribution in [1.82, 2.24) is 14.5 Å². The summed E-state index contributed by atoms with van der Waals surface area (Å²) in [7, 11) is 0. The van der Waals surface area contributed by atoms with Crippen LogP contribution in [0.25, 0.3) is 16.9 Å². The third-order valence-corrected chi connectivity index (χ3v) is 4.64. The molecule has 0 atom stereocenters. The van der Waals surface area contributed by atoms with Crippen LogP contribution in [0.1, 0.15) is 11.4 Å². The first-order chi connectivity index (χ1) is 10.1. The summed E-state index contributed by atoms with van der Waals surface area (Å²) < 4.78 is 4.07. The van der Waals surface area contributed by atoms with Crippen LogP contribution in [-0.2, 0) is 6.42 Å². The number of rotatable bonds is 3. The second kappa shape index (κ2) is 6.07. The summed E-state index contributed by atoms with van der Waals surface area (Å²) in [5.74, 6) is 1.44. The molecule has 0 N–H and O–H groups in total. The molecule has 1 aromatic carbocycles. The van der Waals surface area contributed by atoms with E-state index in [4.69, 9.17) is 16.6 Å². The molecule has 3 nitrogen and oxygen atoms in total. The van der Waals surface area contributed by atoms with Gasteiger partial charge in [-0.1, -0.05) is 15.9 Å². The summed E-state index contributed by atoms with van der Waals surface area (Å²) in [6.45, 7) is 2.04. The standard InChI is InChI=1S/C15H12Br2ClN3/c1-9-5-7-19-15-14(9)20-13(4-6-18)21(15)12-8-10(16)2-3-11(12)17/h2-3,5,7-8H,4,6H2,1H3. The number of aromatic nitrogens is 3. The van der Waals surface area contributed by atoms with E-state index in [2.05, 4.69) is 41.4 Å². The molecule has 2 aromatic heterocycles. The molecule has 0 fully saturated rings. The van der Waals surface area contributed by atoms with Gasteiger partial charge in [-0.05, 0) is 52.7 Å². The van der Waals surface area contributed by atoms with Crippen LogP contribution >= 0.6 is 43.5 Å². The lowest BCUT2D eigenvalue weighted by molar-refractivity contribution is 0.902. The molecule has 2 heterocycles. The molecule has 0 aliphatic rings. The number of nitrogens with zero attached hydrogens (tertiary/aromatic N) is 3. The molecular formula is C15H12Br2ClN3.